The summed E-state index contributed by atoms with van der Waals surface area (Å²) in [6.45, 7) is 0. The third-order valence-electron chi connectivity index (χ3n) is 1.32. The van der Waals surface area contributed by atoms with Crippen molar-refractivity contribution in [3.8, 4) is 0 Å². The van der Waals surface area contributed by atoms with Crippen molar-refractivity contribution in [1.29, 1.82) is 0 Å². The van der Waals surface area contributed by atoms with Crippen molar-refractivity contribution < 1.29 is 4.63 Å². The molecule has 0 saturated carbocycles. The van der Waals surface area contributed by atoms with E-state index in [2.05, 4.69) is 19.9 Å². The predicted molar refractivity (Wildman–Crippen MR) is 47.1 cm³/mol. The van der Waals surface area contributed by atoms with Gasteiger partial charge in [-0.1, -0.05) is 6.07 Å². The molecule has 2 rings (SSSR count). The van der Waals surface area contributed by atoms with Crippen LogP contribution in [-0.4, -0.2) is 15.3 Å². The normalized spacial score (nSPS) is 10.2. The zero-order valence-electron chi connectivity index (χ0n) is 6.54. The summed E-state index contributed by atoms with van der Waals surface area (Å²) in [4.78, 5) is 4.09. The van der Waals surface area contributed by atoms with Crippen LogP contribution in [-0.2, 0) is 0 Å². The van der Waals surface area contributed by atoms with E-state index in [0.29, 0.717) is 5.03 Å². The van der Waals surface area contributed by atoms with E-state index < -0.39 is 0 Å². The number of nitrogens with zero attached hydrogens (tertiary/aromatic N) is 3. The van der Waals surface area contributed by atoms with Gasteiger partial charge < -0.3 is 5.73 Å². The second-order valence-electron chi connectivity index (χ2n) is 2.22. The summed E-state index contributed by atoms with van der Waals surface area (Å²) in [6, 6.07) is 5.59. The number of anilines is 1. The summed E-state index contributed by atoms with van der Waals surface area (Å²) in [6.07, 6.45) is 1.70. The number of nitrogen functional groups attached to an aromatic ring is 1. The summed E-state index contributed by atoms with van der Waals surface area (Å²) < 4.78 is 4.44. The van der Waals surface area contributed by atoms with E-state index in [0.717, 1.165) is 5.03 Å². The Balaban J connectivity index is 2.20. The van der Waals surface area contributed by atoms with Crippen molar-refractivity contribution in [1.82, 2.24) is 15.3 Å². The number of pyridine rings is 1. The second kappa shape index (κ2) is 3.44. The standard InChI is InChI=1S/C7H6N4OS/c8-6-7(11-12-10-6)13-5-3-1-2-4-9-5/h1-4H,(H2,8,10). The molecule has 0 radical (unpaired) electrons. The third-order valence-corrected chi connectivity index (χ3v) is 2.25. The van der Waals surface area contributed by atoms with Gasteiger partial charge in [0.05, 0.1) is 0 Å². The van der Waals surface area contributed by atoms with Gasteiger partial charge in [0.15, 0.2) is 5.03 Å². The first-order chi connectivity index (χ1) is 6.36. The summed E-state index contributed by atoms with van der Waals surface area (Å²) in [7, 11) is 0. The Bertz CT molecular complexity index is 388. The average Bonchev–Trinajstić information content (AvgIpc) is 2.54. The van der Waals surface area contributed by atoms with Crippen LogP contribution in [0.3, 0.4) is 0 Å². The molecule has 6 heteroatoms. The lowest BCUT2D eigenvalue weighted by Crippen LogP contribution is -1.86. The summed E-state index contributed by atoms with van der Waals surface area (Å²) >= 11 is 1.32. The summed E-state index contributed by atoms with van der Waals surface area (Å²) in [5.74, 6) is 0.288. The molecule has 5 nitrogen and oxygen atoms in total. The molecule has 0 unspecified atom stereocenters. The monoisotopic (exact) mass is 194 g/mol. The minimum Gasteiger partial charge on any atom is -0.379 e. The molecule has 66 valence electrons. The van der Waals surface area contributed by atoms with Gasteiger partial charge in [-0.25, -0.2) is 9.61 Å². The van der Waals surface area contributed by atoms with Crippen LogP contribution in [0.4, 0.5) is 5.82 Å². The van der Waals surface area contributed by atoms with Crippen molar-refractivity contribution in [3.05, 3.63) is 24.4 Å². The molecule has 2 aromatic heterocycles. The van der Waals surface area contributed by atoms with E-state index in [4.69, 9.17) is 5.73 Å². The maximum Gasteiger partial charge on any atom is 0.202 e. The molecule has 2 heterocycles. The van der Waals surface area contributed by atoms with E-state index in [1.54, 1.807) is 6.20 Å². The van der Waals surface area contributed by atoms with Gasteiger partial charge >= 0.3 is 0 Å². The molecule has 0 saturated heterocycles. The second-order valence-corrected chi connectivity index (χ2v) is 3.23. The van der Waals surface area contributed by atoms with Crippen molar-refractivity contribution in [2.24, 2.45) is 0 Å². The fourth-order valence-electron chi connectivity index (χ4n) is 0.765. The third kappa shape index (κ3) is 1.78. The topological polar surface area (TPSA) is 77.8 Å². The SMILES string of the molecule is Nc1nonc1Sc1ccccn1. The first-order valence-electron chi connectivity index (χ1n) is 3.53. The Hall–Kier alpha value is -1.56. The van der Waals surface area contributed by atoms with Gasteiger partial charge in [-0.05, 0) is 34.2 Å². The van der Waals surface area contributed by atoms with Gasteiger partial charge in [0.1, 0.15) is 5.03 Å². The molecule has 0 aromatic carbocycles. The Labute approximate surface area is 78.3 Å². The van der Waals surface area contributed by atoms with Crippen molar-refractivity contribution >= 4 is 17.6 Å². The number of hydrogen-bond acceptors (Lipinski definition) is 6. The molecule has 0 spiro atoms. The average molecular weight is 194 g/mol. The number of aromatic nitrogens is 3. The van der Waals surface area contributed by atoms with Crippen molar-refractivity contribution in [3.63, 3.8) is 0 Å². The van der Waals surface area contributed by atoms with Crippen LogP contribution in [0, 0.1) is 0 Å². The number of nitrogens with two attached hydrogens (primary N) is 1. The molecule has 0 aliphatic rings. The fourth-order valence-corrected chi connectivity index (χ4v) is 1.44. The van der Waals surface area contributed by atoms with Crippen LogP contribution >= 0.6 is 11.8 Å². The molecule has 0 aliphatic heterocycles. The van der Waals surface area contributed by atoms with Gasteiger partial charge in [0, 0.05) is 6.20 Å². The van der Waals surface area contributed by atoms with E-state index in [1.165, 1.54) is 11.8 Å². The van der Waals surface area contributed by atoms with E-state index in [9.17, 15) is 0 Å². The lowest BCUT2D eigenvalue weighted by Gasteiger charge is -1.93. The Kier molecular flexibility index (Phi) is 2.13. The maximum atomic E-state index is 5.47. The minimum absolute atomic E-state index is 0.288. The Morgan fingerprint density at radius 1 is 1.31 bits per heavy atom. The van der Waals surface area contributed by atoms with E-state index in [-0.39, 0.29) is 5.82 Å². The highest BCUT2D eigenvalue weighted by Gasteiger charge is 2.07. The zero-order valence-corrected chi connectivity index (χ0v) is 7.36. The van der Waals surface area contributed by atoms with Gasteiger partial charge in [-0.3, -0.25) is 0 Å². The number of rotatable bonds is 2. The van der Waals surface area contributed by atoms with Gasteiger partial charge in [0.25, 0.3) is 0 Å². The highest BCUT2D eigenvalue weighted by molar-refractivity contribution is 7.99. The predicted octanol–water partition coefficient (Wildman–Crippen LogP) is 1.20. The van der Waals surface area contributed by atoms with Gasteiger partial charge in [-0.2, -0.15) is 0 Å². The number of hydrogen-bond donors (Lipinski definition) is 1. The molecule has 0 fully saturated rings. The van der Waals surface area contributed by atoms with Crippen molar-refractivity contribution in [2.45, 2.75) is 10.1 Å². The van der Waals surface area contributed by atoms with Crippen LogP contribution in [0.5, 0.6) is 0 Å². The van der Waals surface area contributed by atoms with Gasteiger partial charge in [-0.15, -0.1) is 0 Å². The Morgan fingerprint density at radius 3 is 2.85 bits per heavy atom. The quantitative estimate of drug-likeness (QED) is 0.773. The highest BCUT2D eigenvalue weighted by Crippen LogP contribution is 2.26. The van der Waals surface area contributed by atoms with Crippen LogP contribution < -0.4 is 5.73 Å². The van der Waals surface area contributed by atoms with E-state index >= 15 is 0 Å². The fraction of sp³-hybridized carbons (Fsp3) is 0. The Morgan fingerprint density at radius 2 is 2.23 bits per heavy atom. The van der Waals surface area contributed by atoms with Gasteiger partial charge in [0.2, 0.25) is 5.82 Å². The molecule has 2 N–H and O–H groups in total. The minimum atomic E-state index is 0.288. The maximum absolute atomic E-state index is 5.47. The molecule has 0 atom stereocenters. The smallest absolute Gasteiger partial charge is 0.202 e. The van der Waals surface area contributed by atoms with Crippen molar-refractivity contribution in [2.75, 3.05) is 5.73 Å². The summed E-state index contributed by atoms with van der Waals surface area (Å²) in [5.41, 5.74) is 5.47. The lowest BCUT2D eigenvalue weighted by molar-refractivity contribution is 0.300. The largest absolute Gasteiger partial charge is 0.379 e. The molecule has 0 aliphatic carbocycles. The molecule has 0 bridgehead atoms. The van der Waals surface area contributed by atoms with Crippen LogP contribution in [0.2, 0.25) is 0 Å². The molecular weight excluding hydrogens is 188 g/mol. The molecular formula is C7H6N4OS. The molecule has 2 aromatic rings. The molecule has 13 heavy (non-hydrogen) atoms. The van der Waals surface area contributed by atoms with E-state index in [1.807, 2.05) is 18.2 Å². The van der Waals surface area contributed by atoms with Crippen LogP contribution in [0.1, 0.15) is 0 Å². The van der Waals surface area contributed by atoms with Crippen LogP contribution in [0.15, 0.2) is 39.1 Å². The molecule has 0 amide bonds. The zero-order chi connectivity index (χ0) is 9.10. The van der Waals surface area contributed by atoms with Crippen LogP contribution in [0.25, 0.3) is 0 Å². The first-order valence-corrected chi connectivity index (χ1v) is 4.35. The summed E-state index contributed by atoms with van der Waals surface area (Å²) in [5, 5.41) is 8.43. The first kappa shape index (κ1) is 8.06. The lowest BCUT2D eigenvalue weighted by atomic mass is 10.5. The highest BCUT2D eigenvalue weighted by atomic mass is 32.2.